The van der Waals surface area contributed by atoms with Crippen LogP contribution in [-0.4, -0.2) is 41.9 Å². The fourth-order valence-corrected chi connectivity index (χ4v) is 4.13. The molecule has 4 heteroatoms. The number of halogens is 1. The number of amides is 1. The van der Waals surface area contributed by atoms with Gasteiger partial charge in [0.1, 0.15) is 0 Å². The highest BCUT2D eigenvalue weighted by molar-refractivity contribution is 6.30. The summed E-state index contributed by atoms with van der Waals surface area (Å²) in [7, 11) is 0. The van der Waals surface area contributed by atoms with E-state index < -0.39 is 0 Å². The molecule has 1 fully saturated rings. The van der Waals surface area contributed by atoms with E-state index in [9.17, 15) is 4.79 Å². The van der Waals surface area contributed by atoms with Crippen molar-refractivity contribution in [3.8, 4) is 0 Å². The summed E-state index contributed by atoms with van der Waals surface area (Å²) in [5, 5.41) is 0.697. The van der Waals surface area contributed by atoms with Crippen LogP contribution in [0.4, 0.5) is 0 Å². The highest BCUT2D eigenvalue weighted by atomic mass is 35.5. The van der Waals surface area contributed by atoms with Gasteiger partial charge in [0.2, 0.25) is 5.91 Å². The Morgan fingerprint density at radius 1 is 0.759 bits per heavy atom. The van der Waals surface area contributed by atoms with E-state index in [1.165, 1.54) is 11.1 Å². The summed E-state index contributed by atoms with van der Waals surface area (Å²) >= 11 is 5.94. The zero-order valence-electron chi connectivity index (χ0n) is 16.4. The summed E-state index contributed by atoms with van der Waals surface area (Å²) < 4.78 is 0. The number of carbonyl (C=O) groups excluding carboxylic acids is 1. The predicted molar refractivity (Wildman–Crippen MR) is 118 cm³/mol. The van der Waals surface area contributed by atoms with Gasteiger partial charge in [0.25, 0.3) is 0 Å². The number of hydrogen-bond donors (Lipinski definition) is 0. The molecule has 0 radical (unpaired) electrons. The van der Waals surface area contributed by atoms with Gasteiger partial charge >= 0.3 is 0 Å². The third-order valence-electron chi connectivity index (χ3n) is 5.53. The largest absolute Gasteiger partial charge is 0.340 e. The Morgan fingerprint density at radius 3 is 1.79 bits per heavy atom. The lowest BCUT2D eigenvalue weighted by Gasteiger charge is -2.40. The lowest BCUT2D eigenvalue weighted by atomic mass is 9.96. The first-order chi connectivity index (χ1) is 14.2. The molecule has 29 heavy (non-hydrogen) atoms. The van der Waals surface area contributed by atoms with Gasteiger partial charge in [0.05, 0.1) is 12.5 Å². The fourth-order valence-electron chi connectivity index (χ4n) is 4.00. The summed E-state index contributed by atoms with van der Waals surface area (Å²) in [6, 6.07) is 29.0. The molecule has 0 aromatic heterocycles. The van der Waals surface area contributed by atoms with Crippen LogP contribution in [0.25, 0.3) is 0 Å². The summed E-state index contributed by atoms with van der Waals surface area (Å²) in [6.45, 7) is 3.23. The van der Waals surface area contributed by atoms with Crippen molar-refractivity contribution in [2.45, 2.75) is 12.5 Å². The molecule has 3 aromatic rings. The summed E-state index contributed by atoms with van der Waals surface area (Å²) in [6.07, 6.45) is 0.429. The van der Waals surface area contributed by atoms with Crippen LogP contribution >= 0.6 is 11.6 Å². The third-order valence-corrected chi connectivity index (χ3v) is 5.78. The average Bonchev–Trinajstić information content (AvgIpc) is 2.77. The van der Waals surface area contributed by atoms with E-state index in [2.05, 4.69) is 65.6 Å². The molecule has 3 aromatic carbocycles. The number of rotatable bonds is 5. The molecule has 1 aliphatic heterocycles. The molecule has 0 aliphatic carbocycles. The third kappa shape index (κ3) is 4.87. The fraction of sp³-hybridized carbons (Fsp3) is 0.240. The Hall–Kier alpha value is -2.62. The second-order valence-corrected chi connectivity index (χ2v) is 7.88. The van der Waals surface area contributed by atoms with Crippen LogP contribution in [0.5, 0.6) is 0 Å². The molecule has 0 atom stereocenters. The molecule has 0 bridgehead atoms. The topological polar surface area (TPSA) is 23.6 Å². The van der Waals surface area contributed by atoms with Crippen LogP contribution in [0, 0.1) is 0 Å². The summed E-state index contributed by atoms with van der Waals surface area (Å²) in [5.74, 6) is 0.183. The van der Waals surface area contributed by atoms with Gasteiger partial charge in [-0.3, -0.25) is 9.69 Å². The van der Waals surface area contributed by atoms with Gasteiger partial charge in [-0.05, 0) is 28.8 Å². The molecular formula is C25H25ClN2O. The second kappa shape index (κ2) is 9.25. The molecule has 1 aliphatic rings. The van der Waals surface area contributed by atoms with Crippen molar-refractivity contribution in [3.63, 3.8) is 0 Å². The Bertz CT molecular complexity index is 881. The van der Waals surface area contributed by atoms with E-state index >= 15 is 0 Å². The number of piperazine rings is 1. The molecule has 3 nitrogen and oxygen atoms in total. The van der Waals surface area contributed by atoms with Crippen molar-refractivity contribution in [3.05, 3.63) is 107 Å². The smallest absolute Gasteiger partial charge is 0.227 e. The Kier molecular flexibility index (Phi) is 6.28. The first-order valence-electron chi connectivity index (χ1n) is 10.1. The number of benzene rings is 3. The van der Waals surface area contributed by atoms with Gasteiger partial charge in [-0.2, -0.15) is 0 Å². The average molecular weight is 405 g/mol. The van der Waals surface area contributed by atoms with Gasteiger partial charge in [0.15, 0.2) is 0 Å². The van der Waals surface area contributed by atoms with Gasteiger partial charge in [-0.15, -0.1) is 0 Å². The van der Waals surface area contributed by atoms with Crippen molar-refractivity contribution in [2.24, 2.45) is 0 Å². The minimum Gasteiger partial charge on any atom is -0.340 e. The molecule has 0 spiro atoms. The van der Waals surface area contributed by atoms with Crippen LogP contribution in [0.1, 0.15) is 22.7 Å². The van der Waals surface area contributed by atoms with Crippen molar-refractivity contribution >= 4 is 17.5 Å². The van der Waals surface area contributed by atoms with Crippen molar-refractivity contribution < 1.29 is 4.79 Å². The maximum atomic E-state index is 12.7. The lowest BCUT2D eigenvalue weighted by Crippen LogP contribution is -2.50. The maximum absolute atomic E-state index is 12.7. The monoisotopic (exact) mass is 404 g/mol. The van der Waals surface area contributed by atoms with Crippen LogP contribution in [0.2, 0.25) is 5.02 Å². The van der Waals surface area contributed by atoms with E-state index in [0.29, 0.717) is 11.4 Å². The molecule has 0 saturated carbocycles. The Balaban J connectivity index is 1.44. The number of hydrogen-bond acceptors (Lipinski definition) is 2. The molecule has 0 unspecified atom stereocenters. The number of carbonyl (C=O) groups is 1. The molecule has 1 heterocycles. The molecule has 0 N–H and O–H groups in total. The zero-order valence-corrected chi connectivity index (χ0v) is 17.1. The van der Waals surface area contributed by atoms with Crippen LogP contribution in [0.3, 0.4) is 0 Å². The summed E-state index contributed by atoms with van der Waals surface area (Å²) in [4.78, 5) is 17.2. The van der Waals surface area contributed by atoms with Crippen LogP contribution in [-0.2, 0) is 11.2 Å². The van der Waals surface area contributed by atoms with Gasteiger partial charge in [-0.25, -0.2) is 0 Å². The second-order valence-electron chi connectivity index (χ2n) is 7.44. The SMILES string of the molecule is O=C(Cc1ccc(Cl)cc1)N1CCN(C(c2ccccc2)c2ccccc2)CC1. The molecule has 1 amide bonds. The Labute approximate surface area is 177 Å². The van der Waals surface area contributed by atoms with E-state index in [1.54, 1.807) is 0 Å². The van der Waals surface area contributed by atoms with Crippen LogP contribution in [0.15, 0.2) is 84.9 Å². The molecule has 148 valence electrons. The van der Waals surface area contributed by atoms with Gasteiger partial charge < -0.3 is 4.90 Å². The lowest BCUT2D eigenvalue weighted by molar-refractivity contribution is -0.132. The highest BCUT2D eigenvalue weighted by Crippen LogP contribution is 2.29. The van der Waals surface area contributed by atoms with E-state index in [0.717, 1.165) is 31.7 Å². The molecule has 4 rings (SSSR count). The summed E-state index contributed by atoms with van der Waals surface area (Å²) in [5.41, 5.74) is 3.59. The van der Waals surface area contributed by atoms with Crippen molar-refractivity contribution in [2.75, 3.05) is 26.2 Å². The highest BCUT2D eigenvalue weighted by Gasteiger charge is 2.28. The maximum Gasteiger partial charge on any atom is 0.227 e. The Morgan fingerprint density at radius 2 is 1.28 bits per heavy atom. The van der Waals surface area contributed by atoms with Gasteiger partial charge in [-0.1, -0.05) is 84.4 Å². The quantitative estimate of drug-likeness (QED) is 0.608. The van der Waals surface area contributed by atoms with Crippen molar-refractivity contribution in [1.29, 1.82) is 0 Å². The minimum absolute atomic E-state index is 0.183. The van der Waals surface area contributed by atoms with Crippen molar-refractivity contribution in [1.82, 2.24) is 9.80 Å². The van der Waals surface area contributed by atoms with E-state index in [4.69, 9.17) is 11.6 Å². The van der Waals surface area contributed by atoms with Gasteiger partial charge in [0, 0.05) is 31.2 Å². The van der Waals surface area contributed by atoms with Crippen LogP contribution < -0.4 is 0 Å². The first-order valence-corrected chi connectivity index (χ1v) is 10.4. The zero-order chi connectivity index (χ0) is 20.1. The molecule has 1 saturated heterocycles. The minimum atomic E-state index is 0.183. The number of nitrogens with zero attached hydrogens (tertiary/aromatic N) is 2. The normalized spacial score (nSPS) is 14.9. The first kappa shape index (κ1) is 19.7. The molecular weight excluding hydrogens is 380 g/mol. The van der Waals surface area contributed by atoms with E-state index in [1.807, 2.05) is 29.2 Å². The predicted octanol–water partition coefficient (Wildman–Crippen LogP) is 4.82. The standard InChI is InChI=1S/C25H25ClN2O/c26-23-13-11-20(12-14-23)19-24(29)27-15-17-28(18-16-27)25(21-7-3-1-4-8-21)22-9-5-2-6-10-22/h1-14,25H,15-19H2. The van der Waals surface area contributed by atoms with E-state index in [-0.39, 0.29) is 11.9 Å².